The molecule has 0 saturated heterocycles. The van der Waals surface area contributed by atoms with Gasteiger partial charge in [0.2, 0.25) is 0 Å². The molecule has 1 heterocycles. The molecular formula is C15H17BrN2O. The van der Waals surface area contributed by atoms with Crippen molar-refractivity contribution in [3.63, 3.8) is 0 Å². The molecule has 0 amide bonds. The van der Waals surface area contributed by atoms with Gasteiger partial charge in [0.05, 0.1) is 22.3 Å². The Kier molecular flexibility index (Phi) is 3.90. The molecule has 2 aromatic rings. The van der Waals surface area contributed by atoms with Crippen LogP contribution in [0.25, 0.3) is 0 Å². The molecule has 1 aromatic heterocycles. The quantitative estimate of drug-likeness (QED) is 0.811. The highest BCUT2D eigenvalue weighted by Crippen LogP contribution is 2.23. The molecule has 0 fully saturated rings. The number of hydrogen-bond donors (Lipinski definition) is 0. The summed E-state index contributed by atoms with van der Waals surface area (Å²) in [5.41, 5.74) is 4.71. The Labute approximate surface area is 121 Å². The Morgan fingerprint density at radius 2 is 1.84 bits per heavy atom. The number of nitrogens with zero attached hydrogens (tertiary/aromatic N) is 2. The number of carbonyl (C=O) groups excluding carboxylic acids is 1. The minimum Gasteiger partial charge on any atom is -0.294 e. The molecule has 2 rings (SSSR count). The third-order valence-electron chi connectivity index (χ3n) is 3.35. The lowest BCUT2D eigenvalue weighted by Crippen LogP contribution is -2.11. The van der Waals surface area contributed by atoms with Gasteiger partial charge in [0.15, 0.2) is 5.78 Å². The molecule has 19 heavy (non-hydrogen) atoms. The van der Waals surface area contributed by atoms with E-state index >= 15 is 0 Å². The van der Waals surface area contributed by atoms with E-state index in [-0.39, 0.29) is 5.78 Å². The molecule has 0 atom stereocenters. The molecule has 0 aliphatic carbocycles. The standard InChI is InChI=1S/C15H17BrN2O/c1-9-6-5-7-10(2)14(9)13(19)8-12-15(16)11(3)17-18(12)4/h5-7H,8H2,1-4H3. The van der Waals surface area contributed by atoms with E-state index in [1.165, 1.54) is 0 Å². The minimum absolute atomic E-state index is 0.138. The van der Waals surface area contributed by atoms with Crippen molar-refractivity contribution in [2.24, 2.45) is 7.05 Å². The summed E-state index contributed by atoms with van der Waals surface area (Å²) in [5.74, 6) is 0.138. The normalized spacial score (nSPS) is 10.8. The van der Waals surface area contributed by atoms with Crippen LogP contribution in [0.4, 0.5) is 0 Å². The van der Waals surface area contributed by atoms with Crippen molar-refractivity contribution in [3.05, 3.63) is 50.8 Å². The van der Waals surface area contributed by atoms with Gasteiger partial charge < -0.3 is 0 Å². The fourth-order valence-corrected chi connectivity index (χ4v) is 2.84. The van der Waals surface area contributed by atoms with Crippen LogP contribution < -0.4 is 0 Å². The van der Waals surface area contributed by atoms with E-state index in [0.29, 0.717) is 6.42 Å². The van der Waals surface area contributed by atoms with Crippen molar-refractivity contribution in [2.75, 3.05) is 0 Å². The van der Waals surface area contributed by atoms with Crippen LogP contribution in [-0.4, -0.2) is 15.6 Å². The Hall–Kier alpha value is -1.42. The molecule has 1 aromatic carbocycles. The summed E-state index contributed by atoms with van der Waals surface area (Å²) in [6, 6.07) is 5.93. The summed E-state index contributed by atoms with van der Waals surface area (Å²) in [5, 5.41) is 4.32. The average Bonchev–Trinajstić information content (AvgIpc) is 2.56. The summed E-state index contributed by atoms with van der Waals surface area (Å²) in [6.07, 6.45) is 0.365. The molecule has 4 heteroatoms. The maximum absolute atomic E-state index is 12.5. The van der Waals surface area contributed by atoms with Gasteiger partial charge in [0.25, 0.3) is 0 Å². The smallest absolute Gasteiger partial charge is 0.169 e. The summed E-state index contributed by atoms with van der Waals surface area (Å²) in [6.45, 7) is 5.88. The third-order valence-corrected chi connectivity index (χ3v) is 4.38. The van der Waals surface area contributed by atoms with Gasteiger partial charge in [-0.1, -0.05) is 18.2 Å². The van der Waals surface area contributed by atoms with E-state index in [1.807, 2.05) is 46.0 Å². The second-order valence-corrected chi connectivity index (χ2v) is 5.63. The van der Waals surface area contributed by atoms with Crippen molar-refractivity contribution < 1.29 is 4.79 Å². The molecule has 0 spiro atoms. The van der Waals surface area contributed by atoms with E-state index in [2.05, 4.69) is 21.0 Å². The van der Waals surface area contributed by atoms with Crippen LogP contribution in [0.5, 0.6) is 0 Å². The Bertz CT molecular complexity index is 624. The van der Waals surface area contributed by atoms with Crippen LogP contribution in [-0.2, 0) is 13.5 Å². The van der Waals surface area contributed by atoms with Crippen LogP contribution in [0.15, 0.2) is 22.7 Å². The lowest BCUT2D eigenvalue weighted by atomic mass is 9.96. The van der Waals surface area contributed by atoms with E-state index in [4.69, 9.17) is 0 Å². The number of rotatable bonds is 3. The molecule has 0 bridgehead atoms. The zero-order valence-electron chi connectivity index (χ0n) is 11.6. The van der Waals surface area contributed by atoms with E-state index in [1.54, 1.807) is 4.68 Å². The fourth-order valence-electron chi connectivity index (χ4n) is 2.37. The van der Waals surface area contributed by atoms with Crippen LogP contribution in [0.1, 0.15) is 32.9 Å². The molecule has 100 valence electrons. The van der Waals surface area contributed by atoms with Crippen molar-refractivity contribution in [3.8, 4) is 0 Å². The van der Waals surface area contributed by atoms with Gasteiger partial charge in [-0.3, -0.25) is 9.48 Å². The summed E-state index contributed by atoms with van der Waals surface area (Å²) >= 11 is 3.50. The van der Waals surface area contributed by atoms with Crippen molar-refractivity contribution in [1.29, 1.82) is 0 Å². The van der Waals surface area contributed by atoms with Crippen molar-refractivity contribution in [1.82, 2.24) is 9.78 Å². The topological polar surface area (TPSA) is 34.9 Å². The zero-order chi connectivity index (χ0) is 14.2. The fraction of sp³-hybridized carbons (Fsp3) is 0.333. The maximum atomic E-state index is 12.5. The van der Waals surface area contributed by atoms with Crippen molar-refractivity contribution >= 4 is 21.7 Å². The second-order valence-electron chi connectivity index (χ2n) is 4.84. The van der Waals surface area contributed by atoms with E-state index < -0.39 is 0 Å². The van der Waals surface area contributed by atoms with Gasteiger partial charge in [-0.2, -0.15) is 5.10 Å². The van der Waals surface area contributed by atoms with Gasteiger partial charge in [0.1, 0.15) is 0 Å². The Morgan fingerprint density at radius 1 is 1.26 bits per heavy atom. The largest absolute Gasteiger partial charge is 0.294 e. The molecule has 0 saturated carbocycles. The van der Waals surface area contributed by atoms with E-state index in [0.717, 1.165) is 32.6 Å². The van der Waals surface area contributed by atoms with Crippen LogP contribution in [0.3, 0.4) is 0 Å². The number of aryl methyl sites for hydroxylation is 4. The number of ketones is 1. The summed E-state index contributed by atoms with van der Waals surface area (Å²) in [7, 11) is 1.87. The predicted octanol–water partition coefficient (Wildman–Crippen LogP) is 3.53. The van der Waals surface area contributed by atoms with Gasteiger partial charge in [0, 0.05) is 12.6 Å². The van der Waals surface area contributed by atoms with Gasteiger partial charge in [-0.15, -0.1) is 0 Å². The number of benzene rings is 1. The lowest BCUT2D eigenvalue weighted by molar-refractivity contribution is 0.0989. The lowest BCUT2D eigenvalue weighted by Gasteiger charge is -2.09. The monoisotopic (exact) mass is 320 g/mol. The molecule has 3 nitrogen and oxygen atoms in total. The SMILES string of the molecule is Cc1cccc(C)c1C(=O)Cc1c(Br)c(C)nn1C. The second kappa shape index (κ2) is 5.29. The number of carbonyl (C=O) groups is 1. The number of aromatic nitrogens is 2. The summed E-state index contributed by atoms with van der Waals surface area (Å²) < 4.78 is 2.69. The Morgan fingerprint density at radius 3 is 2.32 bits per heavy atom. The minimum atomic E-state index is 0.138. The van der Waals surface area contributed by atoms with E-state index in [9.17, 15) is 4.79 Å². The molecular weight excluding hydrogens is 304 g/mol. The Balaban J connectivity index is 2.36. The summed E-state index contributed by atoms with van der Waals surface area (Å²) in [4.78, 5) is 12.5. The van der Waals surface area contributed by atoms with Gasteiger partial charge >= 0.3 is 0 Å². The molecule has 0 radical (unpaired) electrons. The number of halogens is 1. The van der Waals surface area contributed by atoms with Crippen LogP contribution >= 0.6 is 15.9 Å². The molecule has 0 aliphatic heterocycles. The average molecular weight is 321 g/mol. The number of hydrogen-bond acceptors (Lipinski definition) is 2. The van der Waals surface area contributed by atoms with Crippen molar-refractivity contribution in [2.45, 2.75) is 27.2 Å². The van der Waals surface area contributed by atoms with Crippen LogP contribution in [0.2, 0.25) is 0 Å². The first-order valence-corrected chi connectivity index (χ1v) is 6.98. The first kappa shape index (κ1) is 14.0. The third kappa shape index (κ3) is 2.63. The van der Waals surface area contributed by atoms with Gasteiger partial charge in [-0.05, 0) is 47.8 Å². The first-order valence-electron chi connectivity index (χ1n) is 6.19. The predicted molar refractivity (Wildman–Crippen MR) is 79.6 cm³/mol. The van der Waals surface area contributed by atoms with Gasteiger partial charge in [-0.25, -0.2) is 0 Å². The zero-order valence-corrected chi connectivity index (χ0v) is 13.2. The molecule has 0 unspecified atom stereocenters. The highest BCUT2D eigenvalue weighted by Gasteiger charge is 2.18. The van der Waals surface area contributed by atoms with Crippen LogP contribution in [0, 0.1) is 20.8 Å². The number of Topliss-reactive ketones (excluding diaryl/α,β-unsaturated/α-hetero) is 1. The molecule has 0 N–H and O–H groups in total. The highest BCUT2D eigenvalue weighted by atomic mass is 79.9. The molecule has 0 aliphatic rings. The maximum Gasteiger partial charge on any atom is 0.169 e. The first-order chi connectivity index (χ1) is 8.91. The highest BCUT2D eigenvalue weighted by molar-refractivity contribution is 9.10.